The van der Waals surface area contributed by atoms with Gasteiger partial charge >= 0.3 is 0 Å². The second-order valence-corrected chi connectivity index (χ2v) is 5.35. The molecule has 0 radical (unpaired) electrons. The second kappa shape index (κ2) is 3.81. The van der Waals surface area contributed by atoms with Crippen LogP contribution in [0.5, 0.6) is 0 Å². The summed E-state index contributed by atoms with van der Waals surface area (Å²) >= 11 is 16.0. The Morgan fingerprint density at radius 3 is 2.79 bits per heavy atom. The first kappa shape index (κ1) is 10.4. The van der Waals surface area contributed by atoms with Crippen LogP contribution in [0, 0.1) is 0 Å². The minimum absolute atomic E-state index is 0.404. The van der Waals surface area contributed by atoms with E-state index in [4.69, 9.17) is 23.2 Å². The zero-order valence-corrected chi connectivity index (χ0v) is 10.6. The first-order valence-corrected chi connectivity index (χ1v) is 6.03. The van der Waals surface area contributed by atoms with Gasteiger partial charge in [-0.2, -0.15) is 0 Å². The predicted molar refractivity (Wildman–Crippen MR) is 64.7 cm³/mol. The summed E-state index contributed by atoms with van der Waals surface area (Å²) in [6, 6.07) is 5.65. The first-order valence-electron chi connectivity index (χ1n) is 3.67. The molecule has 0 aliphatic carbocycles. The topological polar surface area (TPSA) is 17.1 Å². The van der Waals surface area contributed by atoms with Gasteiger partial charge < -0.3 is 0 Å². The minimum Gasteiger partial charge on any atom is -0.275 e. The molecule has 1 heterocycles. The number of thiophene rings is 1. The lowest BCUT2D eigenvalue weighted by Gasteiger charge is -1.90. The number of hydrogen-bond donors (Lipinski definition) is 0. The van der Waals surface area contributed by atoms with Crippen LogP contribution in [0.1, 0.15) is 9.67 Å². The fourth-order valence-corrected chi connectivity index (χ4v) is 3.32. The van der Waals surface area contributed by atoms with Crippen molar-refractivity contribution in [1.82, 2.24) is 0 Å². The van der Waals surface area contributed by atoms with Gasteiger partial charge in [0, 0.05) is 14.6 Å². The third-order valence-electron chi connectivity index (χ3n) is 1.77. The van der Waals surface area contributed by atoms with E-state index in [0.717, 1.165) is 14.6 Å². The molecule has 2 rings (SSSR count). The molecular formula is C9H3BrCl2OS. The highest BCUT2D eigenvalue weighted by Gasteiger charge is 2.14. The molecule has 1 aromatic carbocycles. The number of hydrogen-bond acceptors (Lipinski definition) is 2. The summed E-state index contributed by atoms with van der Waals surface area (Å²) in [7, 11) is 0. The second-order valence-electron chi connectivity index (χ2n) is 2.66. The Morgan fingerprint density at radius 2 is 2.14 bits per heavy atom. The molecule has 0 N–H and O–H groups in total. The summed E-state index contributed by atoms with van der Waals surface area (Å²) in [5.74, 6) is 0. The van der Waals surface area contributed by atoms with Crippen LogP contribution in [0.4, 0.5) is 0 Å². The zero-order chi connectivity index (χ0) is 10.3. The van der Waals surface area contributed by atoms with Gasteiger partial charge in [0.2, 0.25) is 0 Å². The lowest BCUT2D eigenvalue weighted by Crippen LogP contribution is -1.81. The van der Waals surface area contributed by atoms with Gasteiger partial charge in [-0.05, 0) is 23.7 Å². The average Bonchev–Trinajstić information content (AvgIpc) is 2.43. The summed E-state index contributed by atoms with van der Waals surface area (Å²) in [6.45, 7) is 0. The van der Waals surface area contributed by atoms with Crippen molar-refractivity contribution >= 4 is 65.8 Å². The van der Waals surface area contributed by atoms with Crippen LogP contribution in [0.2, 0.25) is 5.02 Å². The first-order chi connectivity index (χ1) is 6.59. The Hall–Kier alpha value is -0.0900. The highest BCUT2D eigenvalue weighted by molar-refractivity contribution is 9.10. The Morgan fingerprint density at radius 1 is 1.43 bits per heavy atom. The minimum atomic E-state index is -0.507. The Bertz CT molecular complexity index is 521. The molecule has 0 amide bonds. The van der Waals surface area contributed by atoms with Crippen LogP contribution < -0.4 is 0 Å². The highest BCUT2D eigenvalue weighted by atomic mass is 79.9. The van der Waals surface area contributed by atoms with Crippen molar-refractivity contribution in [2.75, 3.05) is 0 Å². The van der Waals surface area contributed by atoms with Crippen molar-refractivity contribution in [3.05, 3.63) is 32.6 Å². The number of rotatable bonds is 1. The normalized spacial score (nSPS) is 10.8. The molecule has 0 unspecified atom stereocenters. The monoisotopic (exact) mass is 308 g/mol. The maximum absolute atomic E-state index is 11.0. The van der Waals surface area contributed by atoms with Gasteiger partial charge in [0.05, 0.1) is 5.02 Å². The SMILES string of the molecule is O=C(Cl)c1sc2cc(Br)ccc2c1Cl. The molecule has 14 heavy (non-hydrogen) atoms. The molecule has 1 aromatic heterocycles. The van der Waals surface area contributed by atoms with Gasteiger partial charge in [0.25, 0.3) is 5.24 Å². The predicted octanol–water partition coefficient (Wildman–Crippen LogP) is 4.70. The summed E-state index contributed by atoms with van der Waals surface area (Å²) < 4.78 is 1.91. The Labute approximate surface area is 103 Å². The van der Waals surface area contributed by atoms with E-state index >= 15 is 0 Å². The fraction of sp³-hybridized carbons (Fsp3) is 0. The smallest absolute Gasteiger partial charge is 0.263 e. The summed E-state index contributed by atoms with van der Waals surface area (Å²) in [5, 5.41) is 0.800. The van der Waals surface area contributed by atoms with E-state index in [0.29, 0.717) is 9.90 Å². The molecule has 0 aliphatic heterocycles. The molecule has 0 fully saturated rings. The lowest BCUT2D eigenvalue weighted by atomic mass is 10.2. The van der Waals surface area contributed by atoms with E-state index in [1.54, 1.807) is 0 Å². The van der Waals surface area contributed by atoms with Crippen LogP contribution in [-0.4, -0.2) is 5.24 Å². The zero-order valence-electron chi connectivity index (χ0n) is 6.68. The molecule has 0 saturated heterocycles. The summed E-state index contributed by atoms with van der Waals surface area (Å²) in [4.78, 5) is 11.4. The van der Waals surface area contributed by atoms with E-state index in [-0.39, 0.29) is 0 Å². The maximum atomic E-state index is 11.0. The lowest BCUT2D eigenvalue weighted by molar-refractivity contribution is 0.108. The molecule has 0 saturated carbocycles. The third-order valence-corrected chi connectivity index (χ3v) is 4.22. The van der Waals surface area contributed by atoms with Crippen LogP contribution >= 0.6 is 50.5 Å². The number of benzene rings is 1. The van der Waals surface area contributed by atoms with Gasteiger partial charge in [-0.3, -0.25) is 4.79 Å². The van der Waals surface area contributed by atoms with Crippen molar-refractivity contribution in [2.24, 2.45) is 0 Å². The van der Waals surface area contributed by atoms with E-state index in [9.17, 15) is 4.79 Å². The summed E-state index contributed by atoms with van der Waals surface area (Å²) in [6.07, 6.45) is 0. The van der Waals surface area contributed by atoms with E-state index in [1.165, 1.54) is 11.3 Å². The van der Waals surface area contributed by atoms with Gasteiger partial charge in [-0.15, -0.1) is 11.3 Å². The van der Waals surface area contributed by atoms with Gasteiger partial charge in [0.1, 0.15) is 4.88 Å². The third kappa shape index (κ3) is 1.70. The van der Waals surface area contributed by atoms with Crippen LogP contribution in [0.15, 0.2) is 22.7 Å². The molecule has 5 heteroatoms. The fourth-order valence-electron chi connectivity index (χ4n) is 1.17. The van der Waals surface area contributed by atoms with Crippen molar-refractivity contribution in [3.8, 4) is 0 Å². The number of carbonyl (C=O) groups excluding carboxylic acids is 1. The number of halogens is 3. The average molecular weight is 310 g/mol. The standard InChI is InChI=1S/C9H3BrCl2OS/c10-4-1-2-5-6(3-4)14-8(7(5)11)9(12)13/h1-3H. The van der Waals surface area contributed by atoms with Crippen molar-refractivity contribution in [2.45, 2.75) is 0 Å². The van der Waals surface area contributed by atoms with Crippen LogP contribution in [0.25, 0.3) is 10.1 Å². The molecule has 2 aromatic rings. The Balaban J connectivity index is 2.79. The van der Waals surface area contributed by atoms with Crippen molar-refractivity contribution < 1.29 is 4.79 Å². The van der Waals surface area contributed by atoms with Crippen LogP contribution in [0.3, 0.4) is 0 Å². The number of fused-ring (bicyclic) bond motifs is 1. The molecule has 72 valence electrons. The number of carbonyl (C=O) groups is 1. The van der Waals surface area contributed by atoms with Gasteiger partial charge in [-0.1, -0.05) is 33.6 Å². The maximum Gasteiger partial charge on any atom is 0.263 e. The van der Waals surface area contributed by atoms with Gasteiger partial charge in [-0.25, -0.2) is 0 Å². The quantitative estimate of drug-likeness (QED) is 0.698. The van der Waals surface area contributed by atoms with E-state index < -0.39 is 5.24 Å². The molecule has 0 bridgehead atoms. The largest absolute Gasteiger partial charge is 0.275 e. The Kier molecular flexibility index (Phi) is 2.84. The van der Waals surface area contributed by atoms with Crippen molar-refractivity contribution in [3.63, 3.8) is 0 Å². The molecular weight excluding hydrogens is 307 g/mol. The summed E-state index contributed by atoms with van der Waals surface area (Å²) in [5.41, 5.74) is 0. The molecule has 0 aliphatic rings. The molecule has 1 nitrogen and oxygen atoms in total. The van der Waals surface area contributed by atoms with Crippen molar-refractivity contribution in [1.29, 1.82) is 0 Å². The van der Waals surface area contributed by atoms with E-state index in [2.05, 4.69) is 15.9 Å². The van der Waals surface area contributed by atoms with Gasteiger partial charge in [0.15, 0.2) is 0 Å². The van der Waals surface area contributed by atoms with E-state index in [1.807, 2.05) is 18.2 Å². The highest BCUT2D eigenvalue weighted by Crippen LogP contribution is 2.37. The molecule has 0 atom stereocenters. The van der Waals surface area contributed by atoms with Crippen LogP contribution in [-0.2, 0) is 0 Å². The molecule has 0 spiro atoms.